The van der Waals surface area contributed by atoms with Gasteiger partial charge in [-0.15, -0.1) is 0 Å². The second kappa shape index (κ2) is 9.05. The number of para-hydroxylation sites is 1. The van der Waals surface area contributed by atoms with Crippen molar-refractivity contribution in [2.24, 2.45) is 0 Å². The van der Waals surface area contributed by atoms with Crippen LogP contribution in [-0.4, -0.2) is 62.7 Å². The number of fused-ring (bicyclic) bond motifs is 2. The van der Waals surface area contributed by atoms with E-state index in [0.29, 0.717) is 47.9 Å². The fraction of sp³-hybridized carbons (Fsp3) is 0.292. The molecule has 170 valence electrons. The van der Waals surface area contributed by atoms with Crippen LogP contribution in [0.4, 0.5) is 11.4 Å². The number of carbonyl (C=O) groups excluding carboxylic acids is 2. The van der Waals surface area contributed by atoms with Crippen molar-refractivity contribution < 1.29 is 23.5 Å². The number of rotatable bonds is 5. The maximum atomic E-state index is 12.7. The number of morpholine rings is 1. The van der Waals surface area contributed by atoms with Crippen LogP contribution in [0.2, 0.25) is 0 Å². The van der Waals surface area contributed by atoms with Crippen molar-refractivity contribution in [3.63, 3.8) is 0 Å². The lowest BCUT2D eigenvalue weighted by Crippen LogP contribution is -2.45. The summed E-state index contributed by atoms with van der Waals surface area (Å²) in [4.78, 5) is 41.4. The van der Waals surface area contributed by atoms with E-state index in [1.807, 2.05) is 0 Å². The van der Waals surface area contributed by atoms with Gasteiger partial charge < -0.3 is 24.1 Å². The molecule has 9 heteroatoms. The van der Waals surface area contributed by atoms with E-state index in [1.165, 1.54) is 6.07 Å². The Morgan fingerprint density at radius 3 is 2.67 bits per heavy atom. The predicted octanol–water partition coefficient (Wildman–Crippen LogP) is 2.10. The highest BCUT2D eigenvalue weighted by molar-refractivity contribution is 6.06. The molecule has 0 saturated carbocycles. The van der Waals surface area contributed by atoms with E-state index in [4.69, 9.17) is 13.9 Å². The highest BCUT2D eigenvalue weighted by atomic mass is 16.5. The van der Waals surface area contributed by atoms with Gasteiger partial charge in [-0.3, -0.25) is 14.5 Å². The molecule has 0 unspecified atom stereocenters. The first-order valence-electron chi connectivity index (χ1n) is 10.8. The number of carbonyl (C=O) groups is 2. The van der Waals surface area contributed by atoms with Crippen LogP contribution in [0.15, 0.2) is 57.7 Å². The topological polar surface area (TPSA) is 101 Å². The van der Waals surface area contributed by atoms with Gasteiger partial charge in [0.05, 0.1) is 18.9 Å². The minimum atomic E-state index is -0.708. The second-order valence-electron chi connectivity index (χ2n) is 7.91. The Morgan fingerprint density at radius 1 is 1.00 bits per heavy atom. The summed E-state index contributed by atoms with van der Waals surface area (Å²) in [6.07, 6.45) is 0. The summed E-state index contributed by atoms with van der Waals surface area (Å²) in [5.41, 5.74) is 0.731. The number of anilines is 2. The molecule has 2 aliphatic heterocycles. The number of nitrogens with one attached hydrogen (secondary N) is 1. The van der Waals surface area contributed by atoms with Crippen LogP contribution in [-0.2, 0) is 9.53 Å². The zero-order valence-electron chi connectivity index (χ0n) is 17.9. The van der Waals surface area contributed by atoms with Gasteiger partial charge in [0, 0.05) is 43.3 Å². The van der Waals surface area contributed by atoms with Gasteiger partial charge in [0.25, 0.3) is 11.8 Å². The molecule has 0 atom stereocenters. The Kier molecular flexibility index (Phi) is 5.80. The van der Waals surface area contributed by atoms with Crippen LogP contribution in [0, 0.1) is 0 Å². The first-order chi connectivity index (χ1) is 16.1. The molecule has 0 bridgehead atoms. The smallest absolute Gasteiger partial charge is 0.349 e. The van der Waals surface area contributed by atoms with E-state index in [0.717, 1.165) is 19.6 Å². The monoisotopic (exact) mass is 449 g/mol. The van der Waals surface area contributed by atoms with Gasteiger partial charge in [0.2, 0.25) is 0 Å². The second-order valence-corrected chi connectivity index (χ2v) is 7.91. The summed E-state index contributed by atoms with van der Waals surface area (Å²) in [7, 11) is 0. The van der Waals surface area contributed by atoms with Crippen LogP contribution in [0.3, 0.4) is 0 Å². The third-order valence-electron chi connectivity index (χ3n) is 5.79. The standard InChI is InChI=1S/C24H23N3O6/c28-22-15-32-21-14-17(5-6-19(21)27(22)8-7-26-9-11-31-12-10-26)25-23(29)18-13-16-3-1-2-4-20(16)33-24(18)30/h1-6,13-14H,7-12,15H2,(H,25,29). The third kappa shape index (κ3) is 4.46. The molecule has 0 aliphatic carbocycles. The number of ether oxygens (including phenoxy) is 2. The molecule has 3 heterocycles. The van der Waals surface area contributed by atoms with Crippen LogP contribution in [0.25, 0.3) is 11.0 Å². The van der Waals surface area contributed by atoms with Gasteiger partial charge in [-0.25, -0.2) is 4.79 Å². The lowest BCUT2D eigenvalue weighted by Gasteiger charge is -2.33. The summed E-state index contributed by atoms with van der Waals surface area (Å²) in [5.74, 6) is -0.188. The predicted molar refractivity (Wildman–Crippen MR) is 122 cm³/mol. The number of nitrogens with zero attached hydrogens (tertiary/aromatic N) is 2. The van der Waals surface area contributed by atoms with Crippen LogP contribution in [0.1, 0.15) is 10.4 Å². The third-order valence-corrected chi connectivity index (χ3v) is 5.79. The van der Waals surface area contributed by atoms with E-state index in [1.54, 1.807) is 47.4 Å². The molecule has 0 radical (unpaired) electrons. The minimum Gasteiger partial charge on any atom is -0.481 e. The quantitative estimate of drug-likeness (QED) is 0.596. The molecule has 5 rings (SSSR count). The average Bonchev–Trinajstić information content (AvgIpc) is 2.83. The molecule has 1 fully saturated rings. The highest BCUT2D eigenvalue weighted by Crippen LogP contribution is 2.34. The van der Waals surface area contributed by atoms with Crippen molar-refractivity contribution in [1.29, 1.82) is 0 Å². The van der Waals surface area contributed by atoms with Crippen molar-refractivity contribution in [1.82, 2.24) is 4.90 Å². The van der Waals surface area contributed by atoms with E-state index in [-0.39, 0.29) is 18.1 Å². The molecular weight excluding hydrogens is 426 g/mol. The Hall–Kier alpha value is -3.69. The van der Waals surface area contributed by atoms with Crippen molar-refractivity contribution in [3.05, 3.63) is 64.5 Å². The molecule has 1 saturated heterocycles. The maximum Gasteiger partial charge on any atom is 0.349 e. The summed E-state index contributed by atoms with van der Waals surface area (Å²) < 4.78 is 16.2. The van der Waals surface area contributed by atoms with Gasteiger partial charge >= 0.3 is 5.63 Å². The molecule has 9 nitrogen and oxygen atoms in total. The zero-order valence-corrected chi connectivity index (χ0v) is 17.9. The van der Waals surface area contributed by atoms with Crippen molar-refractivity contribution in [2.45, 2.75) is 0 Å². The minimum absolute atomic E-state index is 0.0677. The van der Waals surface area contributed by atoms with Gasteiger partial charge in [0.1, 0.15) is 16.9 Å². The Balaban J connectivity index is 1.33. The Morgan fingerprint density at radius 2 is 1.82 bits per heavy atom. The van der Waals surface area contributed by atoms with E-state index < -0.39 is 11.5 Å². The van der Waals surface area contributed by atoms with Gasteiger partial charge in [0.15, 0.2) is 6.61 Å². The molecule has 0 spiro atoms. The SMILES string of the molecule is O=C(Nc1ccc2c(c1)OCC(=O)N2CCN1CCOCC1)c1cc2ccccc2oc1=O. The first-order valence-corrected chi connectivity index (χ1v) is 10.8. The van der Waals surface area contributed by atoms with Gasteiger partial charge in [-0.2, -0.15) is 0 Å². The molecule has 3 aromatic rings. The molecule has 1 N–H and O–H groups in total. The normalized spacial score (nSPS) is 16.4. The molecule has 33 heavy (non-hydrogen) atoms. The maximum absolute atomic E-state index is 12.7. The molecule has 1 aromatic heterocycles. The molecule has 2 aliphatic rings. The van der Waals surface area contributed by atoms with Crippen molar-refractivity contribution in [2.75, 3.05) is 56.2 Å². The van der Waals surface area contributed by atoms with Crippen molar-refractivity contribution >= 4 is 34.2 Å². The number of hydrogen-bond acceptors (Lipinski definition) is 7. The molecule has 2 amide bonds. The lowest BCUT2D eigenvalue weighted by molar-refractivity contribution is -0.121. The first kappa shape index (κ1) is 21.2. The Labute approximate surface area is 189 Å². The number of amides is 2. The fourth-order valence-electron chi connectivity index (χ4n) is 4.01. The zero-order chi connectivity index (χ0) is 22.8. The van der Waals surface area contributed by atoms with E-state index >= 15 is 0 Å². The van der Waals surface area contributed by atoms with Crippen LogP contribution < -0.4 is 20.6 Å². The van der Waals surface area contributed by atoms with Crippen LogP contribution >= 0.6 is 0 Å². The number of hydrogen-bond donors (Lipinski definition) is 1. The summed E-state index contributed by atoms with van der Waals surface area (Å²) in [5, 5.41) is 3.38. The highest BCUT2D eigenvalue weighted by Gasteiger charge is 2.27. The van der Waals surface area contributed by atoms with E-state index in [2.05, 4.69) is 10.2 Å². The van der Waals surface area contributed by atoms with E-state index in [9.17, 15) is 14.4 Å². The average molecular weight is 449 g/mol. The summed E-state index contributed by atoms with van der Waals surface area (Å²) >= 11 is 0. The Bertz CT molecular complexity index is 1260. The fourth-order valence-corrected chi connectivity index (χ4v) is 4.01. The van der Waals surface area contributed by atoms with Gasteiger partial charge in [-0.05, 0) is 24.3 Å². The van der Waals surface area contributed by atoms with Gasteiger partial charge in [-0.1, -0.05) is 18.2 Å². The summed E-state index contributed by atoms with van der Waals surface area (Å²) in [6.45, 7) is 4.31. The largest absolute Gasteiger partial charge is 0.481 e. The van der Waals surface area contributed by atoms with Crippen LogP contribution in [0.5, 0.6) is 5.75 Å². The summed E-state index contributed by atoms with van der Waals surface area (Å²) in [6, 6.07) is 13.6. The molecule has 2 aromatic carbocycles. The molecular formula is C24H23N3O6. The number of benzene rings is 2. The van der Waals surface area contributed by atoms with Crippen molar-refractivity contribution in [3.8, 4) is 5.75 Å². The lowest BCUT2D eigenvalue weighted by atomic mass is 10.1.